The van der Waals surface area contributed by atoms with Crippen LogP contribution >= 0.6 is 11.6 Å². The summed E-state index contributed by atoms with van der Waals surface area (Å²) in [6.07, 6.45) is 2.89. The van der Waals surface area contributed by atoms with Crippen molar-refractivity contribution >= 4 is 29.1 Å². The van der Waals surface area contributed by atoms with E-state index in [9.17, 15) is 9.59 Å². The van der Waals surface area contributed by atoms with Crippen molar-refractivity contribution in [2.45, 2.75) is 32.6 Å². The molecule has 0 aromatic heterocycles. The molecule has 0 spiro atoms. The van der Waals surface area contributed by atoms with Crippen molar-refractivity contribution in [2.75, 3.05) is 13.1 Å². The van der Waals surface area contributed by atoms with Crippen LogP contribution in [0, 0.1) is 0 Å². The van der Waals surface area contributed by atoms with Crippen molar-refractivity contribution in [3.63, 3.8) is 0 Å². The number of hydrogen-bond donors (Lipinski definition) is 1. The molecule has 2 amide bonds. The molecule has 1 aromatic rings. The van der Waals surface area contributed by atoms with Crippen LogP contribution in [0.2, 0.25) is 5.02 Å². The van der Waals surface area contributed by atoms with Crippen molar-refractivity contribution in [3.05, 3.63) is 34.9 Å². The zero-order valence-electron chi connectivity index (χ0n) is 12.6. The number of unbranched alkanes of at least 4 members (excludes halogenated alkanes) is 1. The van der Waals surface area contributed by atoms with Crippen LogP contribution in [0.5, 0.6) is 0 Å². The van der Waals surface area contributed by atoms with Gasteiger partial charge in [-0.1, -0.05) is 37.1 Å². The Bertz CT molecular complexity index is 569. The van der Waals surface area contributed by atoms with Gasteiger partial charge in [-0.15, -0.1) is 0 Å². The molecule has 0 saturated heterocycles. The van der Waals surface area contributed by atoms with Crippen LogP contribution < -0.4 is 5.32 Å². The van der Waals surface area contributed by atoms with Crippen LogP contribution in [0.15, 0.2) is 29.4 Å². The molecule has 0 fully saturated rings. The largest absolute Gasteiger partial charge is 0.354 e. The fraction of sp³-hybridized carbons (Fsp3) is 0.438. The number of nitrogens with one attached hydrogen (secondary N) is 1. The Hall–Kier alpha value is -1.88. The number of hydrazone groups is 1. The molecule has 0 saturated carbocycles. The van der Waals surface area contributed by atoms with Crippen LogP contribution in [-0.4, -0.2) is 35.6 Å². The molecule has 0 aliphatic carbocycles. The zero-order chi connectivity index (χ0) is 15.9. The lowest BCUT2D eigenvalue weighted by Gasteiger charge is -2.23. The third-order valence-electron chi connectivity index (χ3n) is 3.43. The van der Waals surface area contributed by atoms with Crippen LogP contribution in [0.3, 0.4) is 0 Å². The Kier molecular flexibility index (Phi) is 5.95. The minimum absolute atomic E-state index is 0.0281. The minimum atomic E-state index is -0.178. The lowest BCUT2D eigenvalue weighted by Crippen LogP contribution is -2.40. The molecule has 5 nitrogen and oxygen atoms in total. The number of halogens is 1. The molecule has 0 unspecified atom stereocenters. The summed E-state index contributed by atoms with van der Waals surface area (Å²) < 4.78 is 0. The van der Waals surface area contributed by atoms with Crippen LogP contribution in [0.1, 0.15) is 38.2 Å². The molecule has 1 aliphatic rings. The van der Waals surface area contributed by atoms with Gasteiger partial charge < -0.3 is 5.32 Å². The maximum atomic E-state index is 11.9. The number of carbonyl (C=O) groups is 2. The SMILES string of the molecule is CCCCNC(=O)CN1N=C(c2ccc(Cl)cc2)CCC1=O. The van der Waals surface area contributed by atoms with E-state index in [-0.39, 0.29) is 18.4 Å². The minimum Gasteiger partial charge on any atom is -0.354 e. The van der Waals surface area contributed by atoms with Crippen molar-refractivity contribution in [3.8, 4) is 0 Å². The van der Waals surface area contributed by atoms with Gasteiger partial charge in [-0.05, 0) is 24.1 Å². The molecule has 2 rings (SSSR count). The molecule has 1 aliphatic heterocycles. The van der Waals surface area contributed by atoms with E-state index in [0.717, 1.165) is 24.1 Å². The van der Waals surface area contributed by atoms with Gasteiger partial charge in [0.25, 0.3) is 0 Å². The van der Waals surface area contributed by atoms with E-state index >= 15 is 0 Å². The van der Waals surface area contributed by atoms with Crippen molar-refractivity contribution in [1.29, 1.82) is 0 Å². The summed E-state index contributed by atoms with van der Waals surface area (Å²) in [5.41, 5.74) is 1.73. The fourth-order valence-electron chi connectivity index (χ4n) is 2.17. The summed E-state index contributed by atoms with van der Waals surface area (Å²) in [6, 6.07) is 7.32. The van der Waals surface area contributed by atoms with Crippen LogP contribution in [-0.2, 0) is 9.59 Å². The predicted molar refractivity (Wildman–Crippen MR) is 86.9 cm³/mol. The monoisotopic (exact) mass is 321 g/mol. The Morgan fingerprint density at radius 2 is 2.05 bits per heavy atom. The fourth-order valence-corrected chi connectivity index (χ4v) is 2.30. The first-order chi connectivity index (χ1) is 10.6. The van der Waals surface area contributed by atoms with Crippen LogP contribution in [0.25, 0.3) is 0 Å². The molecule has 1 N–H and O–H groups in total. The molecule has 1 heterocycles. The lowest BCUT2D eigenvalue weighted by molar-refractivity contribution is -0.136. The van der Waals surface area contributed by atoms with Gasteiger partial charge in [-0.25, -0.2) is 5.01 Å². The second-order valence-electron chi connectivity index (χ2n) is 5.21. The second kappa shape index (κ2) is 7.94. The molecule has 0 bridgehead atoms. The van der Waals surface area contributed by atoms with Gasteiger partial charge in [0.2, 0.25) is 11.8 Å². The average Bonchev–Trinajstić information content (AvgIpc) is 2.51. The summed E-state index contributed by atoms with van der Waals surface area (Å²) in [5.74, 6) is -0.300. The Balaban J connectivity index is 2.03. The van der Waals surface area contributed by atoms with Crippen molar-refractivity contribution < 1.29 is 9.59 Å². The van der Waals surface area contributed by atoms with Gasteiger partial charge in [0.05, 0.1) is 5.71 Å². The highest BCUT2D eigenvalue weighted by molar-refractivity contribution is 6.30. The summed E-state index contributed by atoms with van der Waals surface area (Å²) in [6.45, 7) is 2.66. The summed E-state index contributed by atoms with van der Waals surface area (Å²) in [5, 5.41) is 9.04. The van der Waals surface area contributed by atoms with Gasteiger partial charge in [0, 0.05) is 24.4 Å². The van der Waals surface area contributed by atoms with E-state index in [1.54, 1.807) is 12.1 Å². The number of carbonyl (C=O) groups excluding carboxylic acids is 2. The number of rotatable bonds is 6. The summed E-state index contributed by atoms with van der Waals surface area (Å²) >= 11 is 5.87. The first-order valence-corrected chi connectivity index (χ1v) is 7.88. The standard InChI is InChI=1S/C16H20ClN3O2/c1-2-3-10-18-15(21)11-20-16(22)9-8-14(19-20)12-4-6-13(17)7-5-12/h4-7H,2-3,8-11H2,1H3,(H,18,21). The first kappa shape index (κ1) is 16.5. The maximum absolute atomic E-state index is 11.9. The molecule has 0 atom stereocenters. The van der Waals surface area contributed by atoms with Gasteiger partial charge in [-0.2, -0.15) is 5.10 Å². The number of amides is 2. The normalized spacial score (nSPS) is 14.7. The van der Waals surface area contributed by atoms with E-state index in [1.807, 2.05) is 12.1 Å². The highest BCUT2D eigenvalue weighted by Gasteiger charge is 2.23. The Morgan fingerprint density at radius 1 is 1.32 bits per heavy atom. The molecular weight excluding hydrogens is 302 g/mol. The van der Waals surface area contributed by atoms with Crippen molar-refractivity contribution in [2.24, 2.45) is 5.10 Å². The van der Waals surface area contributed by atoms with E-state index < -0.39 is 0 Å². The maximum Gasteiger partial charge on any atom is 0.243 e. The average molecular weight is 322 g/mol. The number of nitrogens with zero attached hydrogens (tertiary/aromatic N) is 2. The highest BCUT2D eigenvalue weighted by Crippen LogP contribution is 2.17. The highest BCUT2D eigenvalue weighted by atomic mass is 35.5. The van der Waals surface area contributed by atoms with Gasteiger partial charge in [0.1, 0.15) is 6.54 Å². The van der Waals surface area contributed by atoms with E-state index in [1.165, 1.54) is 5.01 Å². The first-order valence-electron chi connectivity index (χ1n) is 7.50. The lowest BCUT2D eigenvalue weighted by atomic mass is 10.0. The van der Waals surface area contributed by atoms with E-state index in [0.29, 0.717) is 24.4 Å². The third kappa shape index (κ3) is 4.56. The molecule has 1 aromatic carbocycles. The van der Waals surface area contributed by atoms with E-state index in [2.05, 4.69) is 17.3 Å². The molecule has 118 valence electrons. The number of hydrogen-bond acceptors (Lipinski definition) is 3. The topological polar surface area (TPSA) is 61.8 Å². The summed E-state index contributed by atoms with van der Waals surface area (Å²) in [4.78, 5) is 23.7. The zero-order valence-corrected chi connectivity index (χ0v) is 13.4. The predicted octanol–water partition coefficient (Wildman–Crippen LogP) is 2.58. The summed E-state index contributed by atoms with van der Waals surface area (Å²) in [7, 11) is 0. The van der Waals surface area contributed by atoms with Gasteiger partial charge >= 0.3 is 0 Å². The van der Waals surface area contributed by atoms with Crippen LogP contribution in [0.4, 0.5) is 0 Å². The smallest absolute Gasteiger partial charge is 0.243 e. The second-order valence-corrected chi connectivity index (χ2v) is 5.64. The van der Waals surface area contributed by atoms with Crippen molar-refractivity contribution in [1.82, 2.24) is 10.3 Å². The molecule has 22 heavy (non-hydrogen) atoms. The Morgan fingerprint density at radius 3 is 2.73 bits per heavy atom. The molecular formula is C16H20ClN3O2. The van der Waals surface area contributed by atoms with Gasteiger partial charge in [-0.3, -0.25) is 9.59 Å². The van der Waals surface area contributed by atoms with Gasteiger partial charge in [0.15, 0.2) is 0 Å². The molecule has 6 heteroatoms. The number of benzene rings is 1. The third-order valence-corrected chi connectivity index (χ3v) is 3.68. The van der Waals surface area contributed by atoms with E-state index in [4.69, 9.17) is 11.6 Å². The molecule has 0 radical (unpaired) electrons. The Labute approximate surface area is 135 Å². The quantitative estimate of drug-likeness (QED) is 0.819.